The third kappa shape index (κ3) is 3.98. The molecule has 0 fully saturated rings. The predicted molar refractivity (Wildman–Crippen MR) is 119 cm³/mol. The Bertz CT molecular complexity index is 1240. The van der Waals surface area contributed by atoms with Gasteiger partial charge in [-0.15, -0.1) is 11.3 Å². The summed E-state index contributed by atoms with van der Waals surface area (Å²) in [4.78, 5) is 29.8. The minimum Gasteiger partial charge on any atom is -0.325 e. The topological polar surface area (TPSA) is 64.0 Å². The van der Waals surface area contributed by atoms with Gasteiger partial charge in [0.2, 0.25) is 5.91 Å². The van der Waals surface area contributed by atoms with Crippen LogP contribution in [0.4, 0.5) is 5.69 Å². The molecule has 5 nitrogen and oxygen atoms in total. The summed E-state index contributed by atoms with van der Waals surface area (Å²) in [5.74, 6) is -0.253. The van der Waals surface area contributed by atoms with Crippen LogP contribution in [0.5, 0.6) is 0 Å². The number of aromatic nitrogens is 2. The molecule has 0 aliphatic rings. The fourth-order valence-electron chi connectivity index (χ4n) is 3.22. The molecule has 0 aliphatic carbocycles. The highest BCUT2D eigenvalue weighted by Gasteiger charge is 2.14. The van der Waals surface area contributed by atoms with Gasteiger partial charge in [0, 0.05) is 16.6 Å². The summed E-state index contributed by atoms with van der Waals surface area (Å²) in [7, 11) is 0. The van der Waals surface area contributed by atoms with Gasteiger partial charge in [-0.2, -0.15) is 0 Å². The number of carbonyl (C=O) groups excluding carboxylic acids is 1. The van der Waals surface area contributed by atoms with Crippen molar-refractivity contribution in [1.82, 2.24) is 9.55 Å². The first-order chi connectivity index (χ1) is 14.0. The third-order valence-corrected chi connectivity index (χ3v) is 5.80. The van der Waals surface area contributed by atoms with Gasteiger partial charge >= 0.3 is 0 Å². The van der Waals surface area contributed by atoms with Crippen LogP contribution in [0.25, 0.3) is 21.3 Å². The molecular weight excluding hydrogens is 382 g/mol. The highest BCUT2D eigenvalue weighted by Crippen LogP contribution is 2.30. The Morgan fingerprint density at radius 1 is 1.17 bits per heavy atom. The number of hydrogen-bond donors (Lipinski definition) is 1. The monoisotopic (exact) mass is 403 g/mol. The molecule has 1 N–H and O–H groups in total. The van der Waals surface area contributed by atoms with Crippen LogP contribution in [0.3, 0.4) is 0 Å². The van der Waals surface area contributed by atoms with Gasteiger partial charge < -0.3 is 5.32 Å². The van der Waals surface area contributed by atoms with Crippen LogP contribution in [0, 0.1) is 6.92 Å². The second kappa shape index (κ2) is 8.01. The second-order valence-corrected chi connectivity index (χ2v) is 7.85. The first-order valence-electron chi connectivity index (χ1n) is 9.47. The van der Waals surface area contributed by atoms with Gasteiger partial charge in [-0.25, -0.2) is 4.98 Å². The number of rotatable bonds is 5. The van der Waals surface area contributed by atoms with Crippen LogP contribution in [-0.2, 0) is 17.8 Å². The van der Waals surface area contributed by atoms with E-state index in [0.717, 1.165) is 28.8 Å². The fourth-order valence-corrected chi connectivity index (χ4v) is 4.19. The average Bonchev–Trinajstić information content (AvgIpc) is 3.15. The molecule has 2 heterocycles. The van der Waals surface area contributed by atoms with E-state index >= 15 is 0 Å². The SMILES string of the molecule is CCc1cccc(NC(=O)Cn2cnc3c(-c4ccc(C)cc4)csc3c2=O)c1. The van der Waals surface area contributed by atoms with Gasteiger partial charge in [0.15, 0.2) is 0 Å². The van der Waals surface area contributed by atoms with Crippen LogP contribution in [-0.4, -0.2) is 15.5 Å². The van der Waals surface area contributed by atoms with Crippen molar-refractivity contribution in [3.8, 4) is 11.1 Å². The summed E-state index contributed by atoms with van der Waals surface area (Å²) in [6, 6.07) is 15.8. The van der Waals surface area contributed by atoms with Crippen molar-refractivity contribution in [2.75, 3.05) is 5.32 Å². The van der Waals surface area contributed by atoms with E-state index < -0.39 is 0 Å². The molecule has 0 aliphatic heterocycles. The number of aryl methyl sites for hydroxylation is 2. The molecule has 2 aromatic carbocycles. The molecule has 0 unspecified atom stereocenters. The number of anilines is 1. The molecule has 0 atom stereocenters. The Morgan fingerprint density at radius 2 is 1.97 bits per heavy atom. The van der Waals surface area contributed by atoms with Crippen molar-refractivity contribution in [2.24, 2.45) is 0 Å². The normalized spacial score (nSPS) is 11.0. The number of nitrogens with one attached hydrogen (secondary N) is 1. The first-order valence-corrected chi connectivity index (χ1v) is 10.4. The molecule has 0 saturated carbocycles. The maximum Gasteiger partial charge on any atom is 0.271 e. The summed E-state index contributed by atoms with van der Waals surface area (Å²) in [6.45, 7) is 4.03. The summed E-state index contributed by atoms with van der Waals surface area (Å²) < 4.78 is 1.92. The zero-order valence-electron chi connectivity index (χ0n) is 16.3. The van der Waals surface area contributed by atoms with E-state index in [1.165, 1.54) is 27.8 Å². The van der Waals surface area contributed by atoms with Gasteiger partial charge in [-0.1, -0.05) is 48.9 Å². The lowest BCUT2D eigenvalue weighted by Crippen LogP contribution is -2.27. The number of carbonyl (C=O) groups is 1. The standard InChI is InChI=1S/C23H21N3O2S/c1-3-16-5-4-6-18(11-16)25-20(27)12-26-14-24-21-19(13-29-22(21)23(26)28)17-9-7-15(2)8-10-17/h4-11,13-14H,3,12H2,1-2H3,(H,25,27). The highest BCUT2D eigenvalue weighted by atomic mass is 32.1. The number of hydrogen-bond acceptors (Lipinski definition) is 4. The summed E-state index contributed by atoms with van der Waals surface area (Å²) in [6.07, 6.45) is 2.35. The molecular formula is C23H21N3O2S. The molecule has 146 valence electrons. The first kappa shape index (κ1) is 19.1. The summed E-state index contributed by atoms with van der Waals surface area (Å²) in [5.41, 5.74) is 5.50. The van der Waals surface area contributed by atoms with Crippen molar-refractivity contribution >= 4 is 33.1 Å². The average molecular weight is 404 g/mol. The Morgan fingerprint density at radius 3 is 2.72 bits per heavy atom. The van der Waals surface area contributed by atoms with Crippen LogP contribution in [0.1, 0.15) is 18.1 Å². The Labute approximate surface area is 172 Å². The van der Waals surface area contributed by atoms with Crippen molar-refractivity contribution in [3.05, 3.63) is 81.7 Å². The van der Waals surface area contributed by atoms with Crippen LogP contribution in [0.15, 0.2) is 65.0 Å². The second-order valence-electron chi connectivity index (χ2n) is 6.97. The zero-order valence-corrected chi connectivity index (χ0v) is 17.1. The van der Waals surface area contributed by atoms with Crippen molar-refractivity contribution in [3.63, 3.8) is 0 Å². The van der Waals surface area contributed by atoms with Gasteiger partial charge in [0.05, 0.1) is 11.8 Å². The minimum absolute atomic E-state index is 0.0735. The van der Waals surface area contributed by atoms with Gasteiger partial charge in [0.1, 0.15) is 11.2 Å². The van der Waals surface area contributed by atoms with E-state index in [9.17, 15) is 9.59 Å². The van der Waals surface area contributed by atoms with Crippen molar-refractivity contribution in [2.45, 2.75) is 26.8 Å². The molecule has 0 bridgehead atoms. The predicted octanol–water partition coefficient (Wildman–Crippen LogP) is 4.63. The van der Waals surface area contributed by atoms with E-state index in [1.807, 2.05) is 60.8 Å². The quantitative estimate of drug-likeness (QED) is 0.528. The van der Waals surface area contributed by atoms with Crippen molar-refractivity contribution in [1.29, 1.82) is 0 Å². The third-order valence-electron chi connectivity index (χ3n) is 4.84. The smallest absolute Gasteiger partial charge is 0.271 e. The molecule has 29 heavy (non-hydrogen) atoms. The van der Waals surface area contributed by atoms with Crippen molar-refractivity contribution < 1.29 is 4.79 Å². The number of benzene rings is 2. The maximum absolute atomic E-state index is 12.9. The lowest BCUT2D eigenvalue weighted by Gasteiger charge is -2.08. The van der Waals surface area contributed by atoms with Gasteiger partial charge in [-0.05, 0) is 36.6 Å². The summed E-state index contributed by atoms with van der Waals surface area (Å²) in [5, 5.41) is 4.80. The fraction of sp³-hybridized carbons (Fsp3) is 0.174. The Balaban J connectivity index is 1.58. The zero-order chi connectivity index (χ0) is 20.4. The van der Waals surface area contributed by atoms with Gasteiger partial charge in [-0.3, -0.25) is 14.2 Å². The van der Waals surface area contributed by atoms with E-state index in [2.05, 4.69) is 17.2 Å². The van der Waals surface area contributed by atoms with E-state index in [4.69, 9.17) is 0 Å². The van der Waals surface area contributed by atoms with E-state index in [-0.39, 0.29) is 18.0 Å². The maximum atomic E-state index is 12.9. The summed E-state index contributed by atoms with van der Waals surface area (Å²) >= 11 is 1.36. The molecule has 0 saturated heterocycles. The van der Waals surface area contributed by atoms with Crippen LogP contribution >= 0.6 is 11.3 Å². The highest BCUT2D eigenvalue weighted by molar-refractivity contribution is 7.17. The Kier molecular flexibility index (Phi) is 5.27. The largest absolute Gasteiger partial charge is 0.325 e. The molecule has 1 amide bonds. The molecule has 0 radical (unpaired) electrons. The lowest BCUT2D eigenvalue weighted by atomic mass is 10.1. The minimum atomic E-state index is -0.253. The Hall–Kier alpha value is -3.25. The number of fused-ring (bicyclic) bond motifs is 1. The van der Waals surface area contributed by atoms with E-state index in [1.54, 1.807) is 0 Å². The molecule has 6 heteroatoms. The van der Waals surface area contributed by atoms with Crippen LogP contribution < -0.4 is 10.9 Å². The van der Waals surface area contributed by atoms with E-state index in [0.29, 0.717) is 10.2 Å². The molecule has 0 spiro atoms. The number of thiophene rings is 1. The molecule has 2 aromatic heterocycles. The number of nitrogens with zero attached hydrogens (tertiary/aromatic N) is 2. The van der Waals surface area contributed by atoms with Gasteiger partial charge in [0.25, 0.3) is 5.56 Å². The lowest BCUT2D eigenvalue weighted by molar-refractivity contribution is -0.116. The molecule has 4 rings (SSSR count). The number of amides is 1. The van der Waals surface area contributed by atoms with Crippen LogP contribution in [0.2, 0.25) is 0 Å². The molecule has 4 aromatic rings.